The number of rotatable bonds is 6. The number of aliphatic hydroxyl groups excluding tert-OH is 1. The summed E-state index contributed by atoms with van der Waals surface area (Å²) in [6.07, 6.45) is 6.10. The third-order valence-electron chi connectivity index (χ3n) is 5.58. The number of methoxy groups -OCH3 is 1. The predicted molar refractivity (Wildman–Crippen MR) is 94.4 cm³/mol. The Morgan fingerprint density at radius 2 is 2.00 bits per heavy atom. The van der Waals surface area contributed by atoms with Crippen molar-refractivity contribution in [2.24, 2.45) is 0 Å². The first kappa shape index (κ1) is 17.5. The molecule has 0 spiro atoms. The third-order valence-corrected chi connectivity index (χ3v) is 5.58. The van der Waals surface area contributed by atoms with E-state index in [1.807, 2.05) is 12.1 Å². The molecular weight excluding hydrogens is 304 g/mol. The van der Waals surface area contributed by atoms with Crippen molar-refractivity contribution in [1.82, 2.24) is 9.80 Å². The molecule has 3 rings (SSSR count). The Balaban J connectivity index is 1.68. The molecule has 24 heavy (non-hydrogen) atoms. The standard InChI is InChI=1S/C19H30N2O3/c1-24-19-8-4-7-18(23)17(19)14-20-10-11-21(15-5-2-3-6-15)16(13-20)9-12-22/h4,7-8,15-16,22-23H,2-3,5-6,9-14H2,1H3. The van der Waals surface area contributed by atoms with Crippen molar-refractivity contribution in [1.29, 1.82) is 0 Å². The lowest BCUT2D eigenvalue weighted by Crippen LogP contribution is -2.56. The molecule has 1 unspecified atom stereocenters. The van der Waals surface area contributed by atoms with Gasteiger partial charge < -0.3 is 14.9 Å². The van der Waals surface area contributed by atoms with Crippen LogP contribution in [0.5, 0.6) is 11.5 Å². The molecule has 2 aliphatic rings. The molecule has 5 nitrogen and oxygen atoms in total. The summed E-state index contributed by atoms with van der Waals surface area (Å²) >= 11 is 0. The Labute approximate surface area is 144 Å². The number of phenols is 1. The van der Waals surface area contributed by atoms with Gasteiger partial charge in [0.25, 0.3) is 0 Å². The molecule has 1 saturated heterocycles. The van der Waals surface area contributed by atoms with E-state index in [9.17, 15) is 10.2 Å². The number of aliphatic hydroxyl groups is 1. The molecule has 1 heterocycles. The molecule has 1 atom stereocenters. The van der Waals surface area contributed by atoms with Gasteiger partial charge in [0.2, 0.25) is 0 Å². The molecule has 2 N–H and O–H groups in total. The van der Waals surface area contributed by atoms with Gasteiger partial charge in [-0.3, -0.25) is 9.80 Å². The molecule has 1 aromatic rings. The first-order chi connectivity index (χ1) is 11.7. The minimum atomic E-state index is 0.238. The lowest BCUT2D eigenvalue weighted by Gasteiger charge is -2.44. The van der Waals surface area contributed by atoms with Crippen LogP contribution < -0.4 is 4.74 Å². The zero-order valence-electron chi connectivity index (χ0n) is 14.7. The number of nitrogens with zero attached hydrogens (tertiary/aromatic N) is 2. The summed E-state index contributed by atoms with van der Waals surface area (Å²) in [5, 5.41) is 19.7. The molecular formula is C19H30N2O3. The van der Waals surface area contributed by atoms with Gasteiger partial charge in [-0.15, -0.1) is 0 Å². The average Bonchev–Trinajstić information content (AvgIpc) is 3.11. The molecule has 0 aromatic heterocycles. The van der Waals surface area contributed by atoms with E-state index in [0.29, 0.717) is 24.4 Å². The van der Waals surface area contributed by atoms with E-state index in [0.717, 1.165) is 37.4 Å². The number of ether oxygens (including phenoxy) is 1. The molecule has 2 fully saturated rings. The van der Waals surface area contributed by atoms with Crippen molar-refractivity contribution in [3.8, 4) is 11.5 Å². The highest BCUT2D eigenvalue weighted by Gasteiger charge is 2.33. The van der Waals surface area contributed by atoms with Gasteiger partial charge >= 0.3 is 0 Å². The number of aromatic hydroxyl groups is 1. The van der Waals surface area contributed by atoms with Gasteiger partial charge in [-0.1, -0.05) is 18.9 Å². The van der Waals surface area contributed by atoms with Gasteiger partial charge in [0.1, 0.15) is 11.5 Å². The molecule has 134 valence electrons. The fraction of sp³-hybridized carbons (Fsp3) is 0.684. The van der Waals surface area contributed by atoms with E-state index in [-0.39, 0.29) is 6.61 Å². The molecule has 1 aromatic carbocycles. The number of hydrogen-bond acceptors (Lipinski definition) is 5. The van der Waals surface area contributed by atoms with Crippen LogP contribution in [0, 0.1) is 0 Å². The minimum absolute atomic E-state index is 0.238. The normalized spacial score (nSPS) is 23.7. The highest BCUT2D eigenvalue weighted by atomic mass is 16.5. The van der Waals surface area contributed by atoms with E-state index < -0.39 is 0 Å². The van der Waals surface area contributed by atoms with Crippen LogP contribution in [0.4, 0.5) is 0 Å². The van der Waals surface area contributed by atoms with Crippen molar-refractivity contribution in [3.63, 3.8) is 0 Å². The van der Waals surface area contributed by atoms with E-state index in [4.69, 9.17) is 4.74 Å². The molecule has 5 heteroatoms. The van der Waals surface area contributed by atoms with E-state index in [2.05, 4.69) is 9.80 Å². The number of hydrogen-bond donors (Lipinski definition) is 2. The summed E-state index contributed by atoms with van der Waals surface area (Å²) in [6.45, 7) is 3.91. The van der Waals surface area contributed by atoms with Crippen LogP contribution in [0.2, 0.25) is 0 Å². The summed E-state index contributed by atoms with van der Waals surface area (Å²) in [7, 11) is 1.64. The van der Waals surface area contributed by atoms with Gasteiger partial charge in [0.05, 0.1) is 7.11 Å². The molecule has 1 saturated carbocycles. The summed E-state index contributed by atoms with van der Waals surface area (Å²) in [5.41, 5.74) is 0.858. The first-order valence-corrected chi connectivity index (χ1v) is 9.16. The van der Waals surface area contributed by atoms with Crippen LogP contribution in [0.15, 0.2) is 18.2 Å². The fourth-order valence-electron chi connectivity index (χ4n) is 4.33. The Hall–Kier alpha value is -1.30. The van der Waals surface area contributed by atoms with Crippen LogP contribution in [0.3, 0.4) is 0 Å². The van der Waals surface area contributed by atoms with E-state index in [1.54, 1.807) is 13.2 Å². The van der Waals surface area contributed by atoms with Gasteiger partial charge in [0.15, 0.2) is 0 Å². The maximum Gasteiger partial charge on any atom is 0.127 e. The number of piperazine rings is 1. The zero-order chi connectivity index (χ0) is 16.9. The maximum atomic E-state index is 10.2. The quantitative estimate of drug-likeness (QED) is 0.835. The van der Waals surface area contributed by atoms with Gasteiger partial charge in [-0.05, 0) is 31.4 Å². The maximum absolute atomic E-state index is 10.2. The monoisotopic (exact) mass is 334 g/mol. The summed E-state index contributed by atoms with van der Waals surface area (Å²) in [4.78, 5) is 5.01. The third kappa shape index (κ3) is 3.85. The second-order valence-electron chi connectivity index (χ2n) is 7.04. The Bertz CT molecular complexity index is 531. The average molecular weight is 334 g/mol. The largest absolute Gasteiger partial charge is 0.507 e. The molecule has 1 aliphatic heterocycles. The Kier molecular flexibility index (Phi) is 5.98. The first-order valence-electron chi connectivity index (χ1n) is 9.16. The Morgan fingerprint density at radius 1 is 1.21 bits per heavy atom. The van der Waals surface area contributed by atoms with Gasteiger partial charge in [0, 0.05) is 50.4 Å². The van der Waals surface area contributed by atoms with Crippen LogP contribution in [-0.4, -0.2) is 65.4 Å². The zero-order valence-corrected chi connectivity index (χ0v) is 14.7. The molecule has 0 amide bonds. The van der Waals surface area contributed by atoms with Crippen LogP contribution in [0.25, 0.3) is 0 Å². The van der Waals surface area contributed by atoms with E-state index >= 15 is 0 Å². The van der Waals surface area contributed by atoms with Gasteiger partial charge in [-0.25, -0.2) is 0 Å². The van der Waals surface area contributed by atoms with Crippen molar-refractivity contribution in [3.05, 3.63) is 23.8 Å². The van der Waals surface area contributed by atoms with Crippen LogP contribution in [0.1, 0.15) is 37.7 Å². The predicted octanol–water partition coefficient (Wildman–Crippen LogP) is 2.21. The smallest absolute Gasteiger partial charge is 0.127 e. The molecule has 0 bridgehead atoms. The van der Waals surface area contributed by atoms with Crippen molar-refractivity contribution >= 4 is 0 Å². The minimum Gasteiger partial charge on any atom is -0.507 e. The van der Waals surface area contributed by atoms with Gasteiger partial charge in [-0.2, -0.15) is 0 Å². The van der Waals surface area contributed by atoms with Crippen LogP contribution >= 0.6 is 0 Å². The SMILES string of the molecule is COc1cccc(O)c1CN1CCN(C2CCCC2)C(CCO)C1. The van der Waals surface area contributed by atoms with E-state index in [1.165, 1.54) is 25.7 Å². The van der Waals surface area contributed by atoms with Crippen molar-refractivity contribution < 1.29 is 14.9 Å². The highest BCUT2D eigenvalue weighted by Crippen LogP contribution is 2.31. The molecule has 1 aliphatic carbocycles. The second kappa shape index (κ2) is 8.19. The topological polar surface area (TPSA) is 56.2 Å². The Morgan fingerprint density at radius 3 is 2.71 bits per heavy atom. The summed E-state index contributed by atoms with van der Waals surface area (Å²) in [5.74, 6) is 1.04. The summed E-state index contributed by atoms with van der Waals surface area (Å²) in [6, 6.07) is 6.53. The number of phenolic OH excluding ortho intramolecular Hbond substituents is 1. The number of benzene rings is 1. The van der Waals surface area contributed by atoms with Crippen molar-refractivity contribution in [2.75, 3.05) is 33.4 Å². The lowest BCUT2D eigenvalue weighted by molar-refractivity contribution is 0.0262. The molecule has 0 radical (unpaired) electrons. The van der Waals surface area contributed by atoms with Crippen LogP contribution in [-0.2, 0) is 6.54 Å². The fourth-order valence-corrected chi connectivity index (χ4v) is 4.33. The van der Waals surface area contributed by atoms with Crippen molar-refractivity contribution in [2.45, 2.75) is 50.7 Å². The second-order valence-corrected chi connectivity index (χ2v) is 7.04. The highest BCUT2D eigenvalue weighted by molar-refractivity contribution is 5.43. The summed E-state index contributed by atoms with van der Waals surface area (Å²) < 4.78 is 5.41. The lowest BCUT2D eigenvalue weighted by atomic mass is 10.0.